The zero-order valence-electron chi connectivity index (χ0n) is 90.3. The maximum Gasteiger partial charge on any atom is 0.498 e. The third-order valence-corrected chi connectivity index (χ3v) is 30.0. The fraction of sp³-hybridized carbons (Fsp3) is 0.381. The van der Waals surface area contributed by atoms with Crippen molar-refractivity contribution in [3.05, 3.63) is 301 Å². The first-order valence-corrected chi connectivity index (χ1v) is 52.8. The third kappa shape index (κ3) is 22.7. The Morgan fingerprint density at radius 1 is 0.349 bits per heavy atom. The smallest absolute Gasteiger partial charge is 0.498 e. The lowest BCUT2D eigenvalue weighted by atomic mass is 9.77. The maximum atomic E-state index is 15.5. The SMILES string of the molecule is C[C@H](C[C@H](C)Oc1ccc(F)cc1Br)Oc1ccc(F)cc1Br.Cc1cc(-c2cc(F)ccc2O[C@H](C)C[C@H](C)Oc2ccc(F)cc2-c2cc(C)cc(-n3c4ccc(C(C)(C)C)cc4c4cc(C(C)(C)C)ccc43)c2O)c(O)c(-n2c3ccc(C(C)(C)C)cc3c3cc(C(C)(C)C)ccc32)c1.Cc1cc(B2OC(C)(C)C(C)(C)O2)c(OC2CCCCO2)c(-n2c3ccc(C(C)(C)C)cc3c3cc(C(C)(C)C)ccc32)c1. The largest absolute Gasteiger partial charge is 0.505 e. The normalized spacial score (nSPS) is 15.6. The number of halogens is 6. The molecule has 0 aliphatic carbocycles. The molecular formula is C126H142BBr2F4N3O10. The number of rotatable bonds is 20. The van der Waals surface area contributed by atoms with E-state index in [1.54, 1.807) is 24.3 Å². The van der Waals surface area contributed by atoms with Gasteiger partial charge in [-0.05, 0) is 379 Å². The molecule has 1 unspecified atom stereocenters. The fourth-order valence-corrected chi connectivity index (χ4v) is 20.7. The molecule has 2 saturated heterocycles. The number of hydrogen-bond donors (Lipinski definition) is 2. The minimum absolute atomic E-state index is 0.00195. The van der Waals surface area contributed by atoms with Crippen molar-refractivity contribution >= 4 is 110 Å². The quantitative estimate of drug-likeness (QED) is 0.0562. The first-order valence-electron chi connectivity index (χ1n) is 51.2. The van der Waals surface area contributed by atoms with Gasteiger partial charge in [0.2, 0.25) is 0 Å². The van der Waals surface area contributed by atoms with E-state index in [0.29, 0.717) is 85.0 Å². The molecule has 2 N–H and O–H groups in total. The van der Waals surface area contributed by atoms with Gasteiger partial charge in [-0.25, -0.2) is 17.6 Å². The standard InChI is InChI=1S/C71H76F2N2O4.C38H50BNO4.C17H16Br2F2O2/c1-40-29-56(66(76)62(31-40)74-58-23-17-44(68(5,6)7)34-50(58)51-35-45(69(8,9)10)18-24-59(51)74)54-38-48(72)21-27-64(54)78-42(3)33-43(4)79-65-28-22-49(73)39-55(65)57-30-41(2)32-63(67(57)77)75-60-25-19-46(70(11,12)13)36-52(60)53-37-47(71(14,15)16)20-26-61(53)75;1-24-20-29(39-43-37(8,9)38(10,11)44-39)34(42-33-14-12-13-19-41-33)32(21-24)40-30-17-15-25(35(2,3)4)22-27(30)28-23-26(36(5,6)7)16-18-31(28)40;1-10(22-16-5-3-12(20)8-14(16)18)7-11(2)23-17-6-4-13(21)9-15(17)19/h17-32,34-39,42-43,76-77H,33H2,1-16H3;15-18,20-23,33H,12-14,19H2,1-11H3;3-6,8-11H,7H2,1-2H3/t42-,43+;;10-,11+. The summed E-state index contributed by atoms with van der Waals surface area (Å²) in [5, 5.41) is 31.9. The number of aryl methyl sites for hydroxylation is 3. The van der Waals surface area contributed by atoms with Gasteiger partial charge in [-0.1, -0.05) is 167 Å². The van der Waals surface area contributed by atoms with E-state index in [1.807, 2.05) is 65.8 Å². The van der Waals surface area contributed by atoms with Crippen LogP contribution in [0.15, 0.2) is 227 Å². The molecule has 5 heterocycles. The Bertz CT molecular complexity index is 7100. The molecule has 2 aliphatic rings. The summed E-state index contributed by atoms with van der Waals surface area (Å²) >= 11 is 6.55. The van der Waals surface area contributed by atoms with E-state index in [0.717, 1.165) is 107 Å². The van der Waals surface area contributed by atoms with Crippen LogP contribution in [0.2, 0.25) is 0 Å². The van der Waals surface area contributed by atoms with Crippen LogP contribution in [0, 0.1) is 44.0 Å². The number of benzene rings is 13. The first kappa shape index (κ1) is 107. The van der Waals surface area contributed by atoms with Crippen LogP contribution in [0.5, 0.6) is 40.2 Å². The topological polar surface area (TPSA) is 129 Å². The summed E-state index contributed by atoms with van der Waals surface area (Å²) in [6.45, 7) is 63.1. The molecule has 766 valence electrons. The summed E-state index contributed by atoms with van der Waals surface area (Å²) in [5.74, 6) is 1.12. The molecule has 0 amide bonds. The number of ether oxygens (including phenoxy) is 6. The summed E-state index contributed by atoms with van der Waals surface area (Å²) in [7, 11) is -0.565. The maximum absolute atomic E-state index is 15.5. The van der Waals surface area contributed by atoms with E-state index in [9.17, 15) is 19.0 Å². The number of phenolic OH excluding ortho intramolecular Hbond substituents is 2. The third-order valence-electron chi connectivity index (χ3n) is 28.7. The number of nitrogens with zero attached hydrogens (tertiary/aromatic N) is 3. The molecular weight excluding hydrogens is 1960 g/mol. The number of fused-ring (bicyclic) bond motifs is 9. The lowest BCUT2D eigenvalue weighted by Crippen LogP contribution is -2.41. The molecule has 13 aromatic carbocycles. The molecule has 18 rings (SSSR count). The summed E-state index contributed by atoms with van der Waals surface area (Å²) in [6.07, 6.45) is 2.48. The Labute approximate surface area is 877 Å². The predicted molar refractivity (Wildman–Crippen MR) is 601 cm³/mol. The van der Waals surface area contributed by atoms with Crippen LogP contribution in [0.1, 0.15) is 262 Å². The summed E-state index contributed by atoms with van der Waals surface area (Å²) < 4.78 is 116. The van der Waals surface area contributed by atoms with Crippen molar-refractivity contribution in [2.45, 2.75) is 307 Å². The van der Waals surface area contributed by atoms with E-state index in [1.165, 1.54) is 92.7 Å². The second kappa shape index (κ2) is 40.9. The van der Waals surface area contributed by atoms with Crippen molar-refractivity contribution in [1.82, 2.24) is 13.7 Å². The van der Waals surface area contributed by atoms with Gasteiger partial charge in [0.15, 0.2) is 6.29 Å². The second-order valence-corrected chi connectivity index (χ2v) is 49.3. The lowest BCUT2D eigenvalue weighted by Gasteiger charge is -2.32. The minimum Gasteiger partial charge on any atom is -0.505 e. The van der Waals surface area contributed by atoms with Crippen molar-refractivity contribution in [3.8, 4) is 79.6 Å². The molecule has 5 atom stereocenters. The van der Waals surface area contributed by atoms with Gasteiger partial charge in [-0.2, -0.15) is 0 Å². The molecule has 20 heteroatoms. The minimum atomic E-state index is -0.565. The molecule has 146 heavy (non-hydrogen) atoms. The van der Waals surface area contributed by atoms with Gasteiger partial charge < -0.3 is 61.6 Å². The lowest BCUT2D eigenvalue weighted by molar-refractivity contribution is -0.105. The molecule has 16 aromatic rings. The van der Waals surface area contributed by atoms with Crippen molar-refractivity contribution in [2.24, 2.45) is 0 Å². The molecule has 3 aromatic heterocycles. The highest BCUT2D eigenvalue weighted by molar-refractivity contribution is 9.11. The van der Waals surface area contributed by atoms with E-state index >= 15 is 8.78 Å². The zero-order valence-corrected chi connectivity index (χ0v) is 93.4. The van der Waals surface area contributed by atoms with Crippen LogP contribution in [0.4, 0.5) is 17.6 Å². The highest BCUT2D eigenvalue weighted by Crippen LogP contribution is 2.51. The van der Waals surface area contributed by atoms with Gasteiger partial charge in [0.05, 0.1) is 101 Å². The van der Waals surface area contributed by atoms with Crippen LogP contribution < -0.4 is 29.1 Å². The van der Waals surface area contributed by atoms with Crippen molar-refractivity contribution < 1.29 is 65.5 Å². The average Bonchev–Trinajstić information content (AvgIpc) is 1.58. The first-order chi connectivity index (χ1) is 68.3. The second-order valence-electron chi connectivity index (χ2n) is 47.6. The molecule has 2 fully saturated rings. The van der Waals surface area contributed by atoms with Gasteiger partial charge in [0.1, 0.15) is 63.5 Å². The van der Waals surface area contributed by atoms with Gasteiger partial charge in [0.25, 0.3) is 0 Å². The molecule has 0 spiro atoms. The fourth-order valence-electron chi connectivity index (χ4n) is 19.8. The molecule has 0 bridgehead atoms. The van der Waals surface area contributed by atoms with Crippen LogP contribution in [0.3, 0.4) is 0 Å². The predicted octanol–water partition coefficient (Wildman–Crippen LogP) is 34.3. The number of aromatic hydroxyl groups is 2. The molecule has 0 radical (unpaired) electrons. The monoisotopic (exact) mass is 2100 g/mol. The Morgan fingerprint density at radius 3 is 0.911 bits per heavy atom. The van der Waals surface area contributed by atoms with Crippen LogP contribution in [0.25, 0.3) is 105 Å². The van der Waals surface area contributed by atoms with Crippen molar-refractivity contribution in [2.75, 3.05) is 6.61 Å². The van der Waals surface area contributed by atoms with Gasteiger partial charge in [-0.3, -0.25) is 0 Å². The van der Waals surface area contributed by atoms with Gasteiger partial charge in [-0.15, -0.1) is 0 Å². The van der Waals surface area contributed by atoms with E-state index in [4.69, 9.17) is 37.7 Å². The van der Waals surface area contributed by atoms with E-state index < -0.39 is 42.2 Å². The highest BCUT2D eigenvalue weighted by Gasteiger charge is 2.53. The Morgan fingerprint density at radius 2 is 0.623 bits per heavy atom. The summed E-state index contributed by atoms with van der Waals surface area (Å²) in [4.78, 5) is 0. The average molecular weight is 2110 g/mol. The van der Waals surface area contributed by atoms with Gasteiger partial charge in [0, 0.05) is 79.3 Å². The summed E-state index contributed by atoms with van der Waals surface area (Å²) in [6, 6.07) is 69.6. The molecule has 13 nitrogen and oxygen atoms in total. The Kier molecular flexibility index (Phi) is 30.0. The van der Waals surface area contributed by atoms with E-state index in [-0.39, 0.29) is 74.1 Å². The number of aromatic nitrogens is 3. The highest BCUT2D eigenvalue weighted by atomic mass is 79.9. The Hall–Kier alpha value is -11.5. The van der Waals surface area contributed by atoms with Crippen molar-refractivity contribution in [1.29, 1.82) is 0 Å². The number of phenols is 2. The van der Waals surface area contributed by atoms with E-state index in [2.05, 4.69) is 326 Å². The van der Waals surface area contributed by atoms with Crippen LogP contribution >= 0.6 is 31.9 Å². The molecule has 2 aliphatic heterocycles. The number of hydrogen-bond acceptors (Lipinski definition) is 10. The van der Waals surface area contributed by atoms with Gasteiger partial charge >= 0.3 is 7.12 Å². The zero-order chi connectivity index (χ0) is 106. The Balaban J connectivity index is 0.000000188. The van der Waals surface area contributed by atoms with Crippen LogP contribution in [-0.4, -0.2) is 79.5 Å². The summed E-state index contributed by atoms with van der Waals surface area (Å²) in [5.41, 5.74) is 20.0. The molecule has 0 saturated carbocycles. The van der Waals surface area contributed by atoms with Crippen LogP contribution in [-0.2, 0) is 46.5 Å². The van der Waals surface area contributed by atoms with Crippen molar-refractivity contribution in [3.63, 3.8) is 0 Å².